The predicted octanol–water partition coefficient (Wildman–Crippen LogP) is 1.49. The summed E-state index contributed by atoms with van der Waals surface area (Å²) in [6, 6.07) is 8.56. The second-order valence-electron chi connectivity index (χ2n) is 4.29. The van der Waals surface area contributed by atoms with Gasteiger partial charge in [0.05, 0.1) is 0 Å². The summed E-state index contributed by atoms with van der Waals surface area (Å²) < 4.78 is 0. The fourth-order valence-corrected chi connectivity index (χ4v) is 2.31. The molecule has 18 heavy (non-hydrogen) atoms. The van der Waals surface area contributed by atoms with Gasteiger partial charge in [0.1, 0.15) is 11.3 Å². The topological polar surface area (TPSA) is 73.3 Å². The Morgan fingerprint density at radius 3 is 2.44 bits per heavy atom. The second kappa shape index (κ2) is 4.25. The molecule has 5 nitrogen and oxygen atoms in total. The lowest BCUT2D eigenvalue weighted by atomic mass is 9.74. The summed E-state index contributed by atoms with van der Waals surface area (Å²) in [6.45, 7) is 1.84. The molecule has 0 bridgehead atoms. The highest BCUT2D eigenvalue weighted by Crippen LogP contribution is 2.32. The van der Waals surface area contributed by atoms with Crippen molar-refractivity contribution in [3.8, 4) is 0 Å². The van der Waals surface area contributed by atoms with Crippen LogP contribution in [-0.2, 0) is 10.2 Å². The van der Waals surface area contributed by atoms with Crippen molar-refractivity contribution >= 4 is 17.8 Å². The van der Waals surface area contributed by atoms with Crippen LogP contribution in [0.25, 0.3) is 0 Å². The van der Waals surface area contributed by atoms with Crippen molar-refractivity contribution in [1.82, 2.24) is 10.2 Å². The molecule has 1 aromatic carbocycles. The lowest BCUT2D eigenvalue weighted by molar-refractivity contribution is -0.131. The van der Waals surface area contributed by atoms with Crippen LogP contribution in [0.15, 0.2) is 30.3 Å². The number of nitrogens with one attached hydrogen (secondary N) is 2. The molecule has 0 spiro atoms. The maximum absolute atomic E-state index is 12.4. The van der Waals surface area contributed by atoms with E-state index in [1.54, 1.807) is 12.1 Å². The van der Waals surface area contributed by atoms with Crippen LogP contribution in [0.1, 0.15) is 18.9 Å². The van der Waals surface area contributed by atoms with Gasteiger partial charge in [0, 0.05) is 7.05 Å². The molecule has 1 fully saturated rings. The van der Waals surface area contributed by atoms with Gasteiger partial charge in [-0.15, -0.1) is 0 Å². The standard InChI is InChI=1S/C13H15N3O2/c1-3-13(9-7-5-4-6-8-9)10(14)15-12(18)16(2)11(13)17/h4-8H,3H2,1-2H3,(H2,14,15,18)/t13-/m1/s1. The quantitative estimate of drug-likeness (QED) is 0.828. The van der Waals surface area contributed by atoms with Gasteiger partial charge >= 0.3 is 6.03 Å². The van der Waals surface area contributed by atoms with E-state index in [4.69, 9.17) is 5.41 Å². The minimum Gasteiger partial charge on any atom is -0.295 e. The molecule has 2 rings (SSSR count). The average Bonchev–Trinajstić information content (AvgIpc) is 2.39. The summed E-state index contributed by atoms with van der Waals surface area (Å²) in [5, 5.41) is 10.5. The van der Waals surface area contributed by atoms with Gasteiger partial charge in [-0.1, -0.05) is 37.3 Å². The molecule has 1 aliphatic rings. The molecule has 5 heteroatoms. The highest BCUT2D eigenvalue weighted by molar-refractivity contribution is 6.23. The van der Waals surface area contributed by atoms with E-state index in [0.717, 1.165) is 10.5 Å². The molecule has 3 amide bonds. The third-order valence-corrected chi connectivity index (χ3v) is 3.43. The van der Waals surface area contributed by atoms with Gasteiger partial charge in [0.2, 0.25) is 5.91 Å². The summed E-state index contributed by atoms with van der Waals surface area (Å²) in [5.41, 5.74) is -0.349. The van der Waals surface area contributed by atoms with Gasteiger partial charge in [-0.2, -0.15) is 0 Å². The SMILES string of the molecule is CC[C@@]1(c2ccccc2)C(=N)NC(=O)N(C)C1=O. The van der Waals surface area contributed by atoms with Gasteiger partial charge in [0.15, 0.2) is 0 Å². The van der Waals surface area contributed by atoms with E-state index in [1.165, 1.54) is 7.05 Å². The van der Waals surface area contributed by atoms with Crippen molar-refractivity contribution in [1.29, 1.82) is 5.41 Å². The Morgan fingerprint density at radius 1 is 1.28 bits per heavy atom. The lowest BCUT2D eigenvalue weighted by Crippen LogP contribution is -2.64. The van der Waals surface area contributed by atoms with E-state index in [0.29, 0.717) is 6.42 Å². The van der Waals surface area contributed by atoms with Crippen LogP contribution in [0.5, 0.6) is 0 Å². The van der Waals surface area contributed by atoms with Crippen LogP contribution in [0.2, 0.25) is 0 Å². The number of carbonyl (C=O) groups excluding carboxylic acids is 2. The summed E-state index contributed by atoms with van der Waals surface area (Å²) in [5.74, 6) is -0.408. The number of urea groups is 1. The van der Waals surface area contributed by atoms with Crippen molar-refractivity contribution in [3.05, 3.63) is 35.9 Å². The molecule has 2 N–H and O–H groups in total. The first-order valence-electron chi connectivity index (χ1n) is 5.77. The van der Waals surface area contributed by atoms with E-state index >= 15 is 0 Å². The molecular formula is C13H15N3O2. The van der Waals surface area contributed by atoms with Crippen molar-refractivity contribution in [2.24, 2.45) is 0 Å². The van der Waals surface area contributed by atoms with E-state index in [2.05, 4.69) is 5.32 Å². The third-order valence-electron chi connectivity index (χ3n) is 3.43. The monoisotopic (exact) mass is 245 g/mol. The van der Waals surface area contributed by atoms with E-state index in [-0.39, 0.29) is 11.7 Å². The number of likely N-dealkylation sites (N-methyl/N-ethyl adjacent to an activating group) is 1. The van der Waals surface area contributed by atoms with E-state index in [1.807, 2.05) is 25.1 Å². The first-order chi connectivity index (χ1) is 8.54. The second-order valence-corrected chi connectivity index (χ2v) is 4.29. The van der Waals surface area contributed by atoms with Crippen LogP contribution in [-0.4, -0.2) is 29.7 Å². The molecule has 94 valence electrons. The van der Waals surface area contributed by atoms with Crippen molar-refractivity contribution in [2.75, 3.05) is 7.05 Å². The van der Waals surface area contributed by atoms with Crippen molar-refractivity contribution in [3.63, 3.8) is 0 Å². The third kappa shape index (κ3) is 1.51. The van der Waals surface area contributed by atoms with Gasteiger partial charge in [-0.25, -0.2) is 4.79 Å². The molecule has 1 atom stereocenters. The van der Waals surface area contributed by atoms with Gasteiger partial charge < -0.3 is 0 Å². The molecule has 1 saturated heterocycles. The summed E-state index contributed by atoms with van der Waals surface area (Å²) in [4.78, 5) is 25.0. The molecule has 1 heterocycles. The number of amides is 3. The Morgan fingerprint density at radius 2 is 1.89 bits per heavy atom. The van der Waals surface area contributed by atoms with Gasteiger partial charge in [0.25, 0.3) is 0 Å². The summed E-state index contributed by atoms with van der Waals surface area (Å²) in [6.07, 6.45) is 0.430. The number of hydrogen-bond donors (Lipinski definition) is 2. The highest BCUT2D eigenvalue weighted by Gasteiger charge is 2.50. The van der Waals surface area contributed by atoms with Crippen LogP contribution >= 0.6 is 0 Å². The molecule has 0 radical (unpaired) electrons. The van der Waals surface area contributed by atoms with Crippen molar-refractivity contribution in [2.45, 2.75) is 18.8 Å². The Bertz CT molecular complexity index is 512. The highest BCUT2D eigenvalue weighted by atomic mass is 16.2. The number of benzene rings is 1. The average molecular weight is 245 g/mol. The molecule has 0 aromatic heterocycles. The van der Waals surface area contributed by atoms with Crippen LogP contribution in [0, 0.1) is 5.41 Å². The number of amidine groups is 1. The minimum atomic E-state index is -1.08. The lowest BCUT2D eigenvalue weighted by Gasteiger charge is -2.39. The Labute approximate surface area is 105 Å². The molecule has 1 aliphatic heterocycles. The fourth-order valence-electron chi connectivity index (χ4n) is 2.31. The van der Waals surface area contributed by atoms with Gasteiger partial charge in [-0.3, -0.25) is 20.4 Å². The first-order valence-corrected chi connectivity index (χ1v) is 5.77. The zero-order chi connectivity index (χ0) is 13.3. The predicted molar refractivity (Wildman–Crippen MR) is 67.4 cm³/mol. The Kier molecular flexibility index (Phi) is 2.90. The number of imide groups is 1. The molecule has 0 unspecified atom stereocenters. The Balaban J connectivity index is 2.58. The van der Waals surface area contributed by atoms with Crippen molar-refractivity contribution < 1.29 is 9.59 Å². The van der Waals surface area contributed by atoms with Crippen LogP contribution in [0.3, 0.4) is 0 Å². The van der Waals surface area contributed by atoms with E-state index in [9.17, 15) is 9.59 Å². The molecule has 0 saturated carbocycles. The number of nitrogens with zero attached hydrogens (tertiary/aromatic N) is 1. The molecular weight excluding hydrogens is 230 g/mol. The maximum atomic E-state index is 12.4. The fraction of sp³-hybridized carbons (Fsp3) is 0.308. The zero-order valence-corrected chi connectivity index (χ0v) is 10.4. The van der Waals surface area contributed by atoms with E-state index < -0.39 is 11.4 Å². The van der Waals surface area contributed by atoms with Crippen LogP contribution in [0.4, 0.5) is 4.79 Å². The number of rotatable bonds is 2. The normalized spacial score (nSPS) is 24.1. The molecule has 1 aromatic rings. The largest absolute Gasteiger partial charge is 0.329 e. The minimum absolute atomic E-state index is 0.0516. The van der Waals surface area contributed by atoms with Crippen LogP contribution < -0.4 is 5.32 Å². The molecule has 0 aliphatic carbocycles. The Hall–Kier alpha value is -2.17. The number of hydrogen-bond acceptors (Lipinski definition) is 3. The first kappa shape index (κ1) is 12.3. The smallest absolute Gasteiger partial charge is 0.295 e. The zero-order valence-electron chi connectivity index (χ0n) is 10.4. The summed E-state index contributed by atoms with van der Waals surface area (Å²) >= 11 is 0. The van der Waals surface area contributed by atoms with Gasteiger partial charge in [-0.05, 0) is 12.0 Å². The summed E-state index contributed by atoms with van der Waals surface area (Å²) in [7, 11) is 1.43. The maximum Gasteiger partial charge on any atom is 0.329 e. The number of carbonyl (C=O) groups is 2.